The summed E-state index contributed by atoms with van der Waals surface area (Å²) < 4.78 is 6.39. The molecule has 7 nitrogen and oxygen atoms in total. The summed E-state index contributed by atoms with van der Waals surface area (Å²) in [5, 5.41) is 12.8. The van der Waals surface area contributed by atoms with E-state index < -0.39 is 5.97 Å². The summed E-state index contributed by atoms with van der Waals surface area (Å²) in [4.78, 5) is 11.9. The zero-order chi connectivity index (χ0) is 14.7. The van der Waals surface area contributed by atoms with Crippen molar-refractivity contribution in [2.45, 2.75) is 18.9 Å². The molecule has 8 heteroatoms. The number of carbonyl (C=O) groups excluding carboxylic acids is 1. The average Bonchev–Trinajstić information content (AvgIpc) is 2.77. The molecule has 0 spiro atoms. The molecular formula is C12H15N5O2S. The maximum absolute atomic E-state index is 11.9. The van der Waals surface area contributed by atoms with E-state index in [9.17, 15) is 4.79 Å². The van der Waals surface area contributed by atoms with Crippen LogP contribution in [0, 0.1) is 6.92 Å². The van der Waals surface area contributed by atoms with Crippen molar-refractivity contribution in [3.63, 3.8) is 0 Å². The fourth-order valence-electron chi connectivity index (χ4n) is 1.63. The van der Waals surface area contributed by atoms with Crippen LogP contribution in [-0.4, -0.2) is 38.8 Å². The predicted octanol–water partition coefficient (Wildman–Crippen LogP) is 1.45. The fraction of sp³-hybridized carbons (Fsp3) is 0.333. The third kappa shape index (κ3) is 2.60. The van der Waals surface area contributed by atoms with Gasteiger partial charge in [0.15, 0.2) is 5.82 Å². The van der Waals surface area contributed by atoms with Gasteiger partial charge in [-0.15, -0.1) is 16.9 Å². The molecule has 2 aromatic heterocycles. The van der Waals surface area contributed by atoms with Gasteiger partial charge in [-0.3, -0.25) is 0 Å². The monoisotopic (exact) mass is 293 g/mol. The van der Waals surface area contributed by atoms with Crippen molar-refractivity contribution in [3.05, 3.63) is 23.4 Å². The molecule has 2 N–H and O–H groups in total. The number of hydrogen-bond donors (Lipinski definition) is 1. The largest absolute Gasteiger partial charge is 0.462 e. The van der Waals surface area contributed by atoms with Crippen molar-refractivity contribution in [2.24, 2.45) is 0 Å². The Morgan fingerprint density at radius 3 is 2.75 bits per heavy atom. The van der Waals surface area contributed by atoms with E-state index in [4.69, 9.17) is 10.5 Å². The molecule has 0 radical (unpaired) electrons. The first-order chi connectivity index (χ1) is 9.58. The smallest absolute Gasteiger partial charge is 0.344 e. The number of nitrogens with two attached hydrogens (primary N) is 1. The molecule has 0 saturated heterocycles. The number of thioether (sulfide) groups is 1. The molecule has 0 bridgehead atoms. The van der Waals surface area contributed by atoms with Crippen LogP contribution in [0.4, 0.5) is 5.82 Å². The number of ether oxygens (including phenoxy) is 1. The summed E-state index contributed by atoms with van der Waals surface area (Å²) in [5.41, 5.74) is 7.05. The number of hydrogen-bond acceptors (Lipinski definition) is 7. The van der Waals surface area contributed by atoms with Gasteiger partial charge in [0.1, 0.15) is 16.4 Å². The lowest BCUT2D eigenvalue weighted by atomic mass is 10.3. The van der Waals surface area contributed by atoms with Gasteiger partial charge in [-0.2, -0.15) is 14.9 Å². The molecule has 0 unspecified atom stereocenters. The Morgan fingerprint density at radius 2 is 2.20 bits per heavy atom. The van der Waals surface area contributed by atoms with Gasteiger partial charge in [0, 0.05) is 0 Å². The van der Waals surface area contributed by atoms with Crippen molar-refractivity contribution >= 4 is 23.5 Å². The van der Waals surface area contributed by atoms with E-state index in [2.05, 4.69) is 15.3 Å². The Hall–Kier alpha value is -2.09. The highest BCUT2D eigenvalue weighted by molar-refractivity contribution is 7.98. The maximum atomic E-state index is 11.9. The van der Waals surface area contributed by atoms with Gasteiger partial charge >= 0.3 is 5.97 Å². The minimum absolute atomic E-state index is 0.200. The summed E-state index contributed by atoms with van der Waals surface area (Å²) in [6.45, 7) is 3.85. The third-order valence-corrected chi connectivity index (χ3v) is 3.24. The molecule has 0 atom stereocenters. The van der Waals surface area contributed by atoms with Crippen LogP contribution in [0.3, 0.4) is 0 Å². The summed E-state index contributed by atoms with van der Waals surface area (Å²) in [7, 11) is 0. The zero-order valence-electron chi connectivity index (χ0n) is 11.5. The minimum atomic E-state index is -0.485. The Balaban J connectivity index is 2.50. The molecule has 0 aliphatic rings. The second kappa shape index (κ2) is 5.91. The topological polar surface area (TPSA) is 95.9 Å². The second-order valence-corrected chi connectivity index (χ2v) is 4.73. The third-order valence-electron chi connectivity index (χ3n) is 2.56. The average molecular weight is 293 g/mol. The highest BCUT2D eigenvalue weighted by atomic mass is 32.2. The number of aryl methyl sites for hydroxylation is 1. The number of esters is 1. The van der Waals surface area contributed by atoms with Crippen LogP contribution in [-0.2, 0) is 4.74 Å². The predicted molar refractivity (Wildman–Crippen MR) is 76.0 cm³/mol. The van der Waals surface area contributed by atoms with E-state index in [0.29, 0.717) is 10.8 Å². The van der Waals surface area contributed by atoms with E-state index >= 15 is 0 Å². The van der Waals surface area contributed by atoms with Crippen LogP contribution in [0.5, 0.6) is 0 Å². The van der Waals surface area contributed by atoms with Crippen molar-refractivity contribution < 1.29 is 9.53 Å². The zero-order valence-corrected chi connectivity index (χ0v) is 12.3. The Morgan fingerprint density at radius 1 is 1.45 bits per heavy atom. The number of rotatable bonds is 4. The van der Waals surface area contributed by atoms with Crippen LogP contribution in [0.25, 0.3) is 5.82 Å². The van der Waals surface area contributed by atoms with Gasteiger partial charge < -0.3 is 10.5 Å². The van der Waals surface area contributed by atoms with Crippen LogP contribution < -0.4 is 5.73 Å². The maximum Gasteiger partial charge on any atom is 0.344 e. The molecule has 0 saturated carbocycles. The number of carbonyl (C=O) groups is 1. The molecule has 0 aliphatic carbocycles. The quantitative estimate of drug-likeness (QED) is 0.673. The first-order valence-electron chi connectivity index (χ1n) is 5.98. The molecule has 2 heterocycles. The second-order valence-electron chi connectivity index (χ2n) is 3.93. The van der Waals surface area contributed by atoms with Crippen LogP contribution in [0.2, 0.25) is 0 Å². The first-order valence-corrected chi connectivity index (χ1v) is 7.21. The summed E-state index contributed by atoms with van der Waals surface area (Å²) in [6.07, 6.45) is 1.82. The normalized spacial score (nSPS) is 10.6. The number of nitrogens with zero attached hydrogens (tertiary/aromatic N) is 4. The van der Waals surface area contributed by atoms with Gasteiger partial charge in [0.05, 0.1) is 12.3 Å². The van der Waals surface area contributed by atoms with Gasteiger partial charge in [0.25, 0.3) is 0 Å². The lowest BCUT2D eigenvalue weighted by Gasteiger charge is -2.03. The molecular weight excluding hydrogens is 278 g/mol. The first kappa shape index (κ1) is 14.3. The van der Waals surface area contributed by atoms with Gasteiger partial charge in [-0.1, -0.05) is 0 Å². The molecule has 106 valence electrons. The van der Waals surface area contributed by atoms with E-state index in [0.717, 1.165) is 5.69 Å². The lowest BCUT2D eigenvalue weighted by molar-refractivity contribution is 0.0523. The molecule has 2 aromatic rings. The van der Waals surface area contributed by atoms with E-state index in [1.165, 1.54) is 16.4 Å². The molecule has 0 amide bonds. The SMILES string of the molecule is CCOC(=O)c1c(SC)nn(-c2ccc(C)nn2)c1N. The number of nitrogen functional groups attached to an aromatic ring is 1. The minimum Gasteiger partial charge on any atom is -0.462 e. The number of aromatic nitrogens is 4. The number of anilines is 1. The fourth-order valence-corrected chi connectivity index (χ4v) is 2.18. The highest BCUT2D eigenvalue weighted by Crippen LogP contribution is 2.27. The van der Waals surface area contributed by atoms with Gasteiger partial charge in [0.2, 0.25) is 0 Å². The van der Waals surface area contributed by atoms with Crippen molar-refractivity contribution in [1.29, 1.82) is 0 Å². The van der Waals surface area contributed by atoms with E-state index in [-0.39, 0.29) is 18.0 Å². The van der Waals surface area contributed by atoms with E-state index in [1.54, 1.807) is 19.1 Å². The van der Waals surface area contributed by atoms with Crippen molar-refractivity contribution in [1.82, 2.24) is 20.0 Å². The summed E-state index contributed by atoms with van der Waals surface area (Å²) in [6, 6.07) is 3.54. The molecule has 20 heavy (non-hydrogen) atoms. The van der Waals surface area contributed by atoms with E-state index in [1.807, 2.05) is 13.2 Å². The molecule has 0 aliphatic heterocycles. The standard InChI is InChI=1S/C12H15N5O2S/c1-4-19-12(18)9-10(13)17(16-11(9)20-3)8-6-5-7(2)14-15-8/h5-6H,4,13H2,1-3H3. The summed E-state index contributed by atoms with van der Waals surface area (Å²) in [5.74, 6) is 0.172. The summed E-state index contributed by atoms with van der Waals surface area (Å²) >= 11 is 1.32. The van der Waals surface area contributed by atoms with Crippen LogP contribution in [0.15, 0.2) is 17.2 Å². The van der Waals surface area contributed by atoms with Crippen LogP contribution >= 0.6 is 11.8 Å². The van der Waals surface area contributed by atoms with Crippen LogP contribution in [0.1, 0.15) is 23.0 Å². The molecule has 0 fully saturated rings. The molecule has 2 rings (SSSR count). The van der Waals surface area contributed by atoms with Crippen molar-refractivity contribution in [2.75, 3.05) is 18.6 Å². The Kier molecular flexibility index (Phi) is 4.23. The Labute approximate surface area is 120 Å². The Bertz CT molecular complexity index is 624. The van der Waals surface area contributed by atoms with Gasteiger partial charge in [-0.05, 0) is 32.2 Å². The molecule has 0 aromatic carbocycles. The lowest BCUT2D eigenvalue weighted by Crippen LogP contribution is -2.10. The van der Waals surface area contributed by atoms with Gasteiger partial charge in [-0.25, -0.2) is 4.79 Å². The highest BCUT2D eigenvalue weighted by Gasteiger charge is 2.24. The van der Waals surface area contributed by atoms with Crippen molar-refractivity contribution in [3.8, 4) is 5.82 Å².